The van der Waals surface area contributed by atoms with Gasteiger partial charge in [-0.2, -0.15) is 5.10 Å². The van der Waals surface area contributed by atoms with Crippen LogP contribution in [-0.2, 0) is 29.2 Å². The van der Waals surface area contributed by atoms with E-state index in [1.54, 1.807) is 59.6 Å². The summed E-state index contributed by atoms with van der Waals surface area (Å²) in [4.78, 5) is 47.8. The molecule has 6 rings (SSSR count). The minimum absolute atomic E-state index is 0.0812. The molecule has 0 saturated carbocycles. The number of benzene rings is 2. The van der Waals surface area contributed by atoms with Gasteiger partial charge in [0.25, 0.3) is 5.56 Å². The largest absolute Gasteiger partial charge is 0.444 e. The van der Waals surface area contributed by atoms with Crippen molar-refractivity contribution in [1.82, 2.24) is 24.6 Å². The summed E-state index contributed by atoms with van der Waals surface area (Å²) >= 11 is 0. The molecule has 14 nitrogen and oxygen atoms in total. The summed E-state index contributed by atoms with van der Waals surface area (Å²) in [5, 5.41) is 20.8. The predicted molar refractivity (Wildman–Crippen MR) is 200 cm³/mol. The minimum atomic E-state index is -0.579. The van der Waals surface area contributed by atoms with Crippen LogP contribution >= 0.6 is 0 Å². The van der Waals surface area contributed by atoms with E-state index in [0.717, 1.165) is 22.2 Å². The third-order valence-electron chi connectivity index (χ3n) is 8.45. The number of amides is 2. The molecule has 0 fully saturated rings. The standard InChI is InChI=1S/C38H44N8O6/c1-26-10-8-13-30-34(26)46(37(50)51-25-27-11-6-5-7-12-27)18-17-44(30)32-20-28-22-40-33(21-31(28)45(35(32)48)15-9-19-47)42-29-23-41-43(24-29)16-14-39-36(49)52-38(2,3)4/h5-8,10-13,20-24,47H,9,14-19,25H2,1-4H3,(H,39,49)(H,40,42). The van der Waals surface area contributed by atoms with Crippen molar-refractivity contribution in [3.05, 3.63) is 101 Å². The molecular weight excluding hydrogens is 664 g/mol. The molecule has 4 heterocycles. The molecule has 5 aromatic rings. The van der Waals surface area contributed by atoms with Crippen molar-refractivity contribution in [2.45, 2.75) is 59.4 Å². The molecule has 272 valence electrons. The molecule has 3 N–H and O–H groups in total. The van der Waals surface area contributed by atoms with Crippen molar-refractivity contribution >= 4 is 51.7 Å². The highest BCUT2D eigenvalue weighted by atomic mass is 16.6. The van der Waals surface area contributed by atoms with E-state index in [1.807, 2.05) is 66.4 Å². The smallest absolute Gasteiger partial charge is 0.414 e. The maximum atomic E-state index is 14.3. The van der Waals surface area contributed by atoms with E-state index in [0.29, 0.717) is 61.0 Å². The molecule has 0 unspecified atom stereocenters. The zero-order valence-electron chi connectivity index (χ0n) is 29.8. The van der Waals surface area contributed by atoms with Gasteiger partial charge < -0.3 is 34.7 Å². The lowest BCUT2D eigenvalue weighted by atomic mass is 10.1. The van der Waals surface area contributed by atoms with Gasteiger partial charge in [0.05, 0.1) is 35.3 Å². The van der Waals surface area contributed by atoms with E-state index in [-0.39, 0.29) is 25.3 Å². The molecule has 52 heavy (non-hydrogen) atoms. The Morgan fingerprint density at radius 3 is 2.56 bits per heavy atom. The highest BCUT2D eigenvalue weighted by molar-refractivity contribution is 5.97. The molecule has 0 bridgehead atoms. The van der Waals surface area contributed by atoms with Gasteiger partial charge in [-0.05, 0) is 57.4 Å². The van der Waals surface area contributed by atoms with E-state index in [2.05, 4.69) is 20.7 Å². The number of fused-ring (bicyclic) bond motifs is 2. The first-order valence-corrected chi connectivity index (χ1v) is 17.3. The highest BCUT2D eigenvalue weighted by Crippen LogP contribution is 2.40. The predicted octanol–water partition coefficient (Wildman–Crippen LogP) is 5.85. The van der Waals surface area contributed by atoms with Crippen LogP contribution in [0.25, 0.3) is 10.9 Å². The normalized spacial score (nSPS) is 12.8. The number of aromatic nitrogens is 4. The second-order valence-corrected chi connectivity index (χ2v) is 13.5. The Morgan fingerprint density at radius 2 is 1.79 bits per heavy atom. The fourth-order valence-corrected chi connectivity index (χ4v) is 6.13. The average Bonchev–Trinajstić information content (AvgIpc) is 3.56. The van der Waals surface area contributed by atoms with Crippen LogP contribution in [0.4, 0.5) is 38.2 Å². The third-order valence-corrected chi connectivity index (χ3v) is 8.45. The summed E-state index contributed by atoms with van der Waals surface area (Å²) in [6, 6.07) is 18.9. The molecule has 2 aromatic carbocycles. The summed E-state index contributed by atoms with van der Waals surface area (Å²) in [7, 11) is 0. The van der Waals surface area contributed by atoms with E-state index < -0.39 is 17.8 Å². The summed E-state index contributed by atoms with van der Waals surface area (Å²) < 4.78 is 14.3. The van der Waals surface area contributed by atoms with Crippen molar-refractivity contribution in [3.63, 3.8) is 0 Å². The third kappa shape index (κ3) is 8.35. The molecule has 3 aromatic heterocycles. The first kappa shape index (κ1) is 35.9. The number of alkyl carbamates (subject to hydrolysis) is 1. The van der Waals surface area contributed by atoms with Crippen LogP contribution in [0, 0.1) is 6.92 Å². The van der Waals surface area contributed by atoms with Crippen LogP contribution in [0.15, 0.2) is 84.0 Å². The molecule has 0 saturated heterocycles. The number of pyridine rings is 2. The molecule has 14 heteroatoms. The van der Waals surface area contributed by atoms with Crippen LogP contribution in [-0.4, -0.2) is 68.5 Å². The lowest BCUT2D eigenvalue weighted by Gasteiger charge is -2.38. The zero-order valence-corrected chi connectivity index (χ0v) is 29.8. The Kier molecular flexibility index (Phi) is 10.7. The lowest BCUT2D eigenvalue weighted by Crippen LogP contribution is -2.44. The van der Waals surface area contributed by atoms with Crippen LogP contribution < -0.4 is 26.0 Å². The number of nitrogens with one attached hydrogen (secondary N) is 2. The van der Waals surface area contributed by atoms with Crippen molar-refractivity contribution < 1.29 is 24.2 Å². The first-order chi connectivity index (χ1) is 25.0. The number of anilines is 5. The van der Waals surface area contributed by atoms with Gasteiger partial charge in [-0.3, -0.25) is 14.4 Å². The fraction of sp³-hybridized carbons (Fsp3) is 0.342. The topological polar surface area (TPSA) is 156 Å². The van der Waals surface area contributed by atoms with E-state index >= 15 is 0 Å². The van der Waals surface area contributed by atoms with Crippen LogP contribution in [0.2, 0.25) is 0 Å². The van der Waals surface area contributed by atoms with Gasteiger partial charge in [-0.15, -0.1) is 0 Å². The molecule has 0 spiro atoms. The minimum Gasteiger partial charge on any atom is -0.444 e. The number of aliphatic hydroxyl groups excluding tert-OH is 1. The average molecular weight is 709 g/mol. The number of rotatable bonds is 11. The lowest BCUT2D eigenvalue weighted by molar-refractivity contribution is 0.0525. The molecule has 0 radical (unpaired) electrons. The van der Waals surface area contributed by atoms with Crippen LogP contribution in [0.5, 0.6) is 0 Å². The summed E-state index contributed by atoms with van der Waals surface area (Å²) in [5.74, 6) is 0.507. The summed E-state index contributed by atoms with van der Waals surface area (Å²) in [5.41, 5.74) is 4.15. The molecule has 1 aliphatic heterocycles. The van der Waals surface area contributed by atoms with Gasteiger partial charge in [0, 0.05) is 56.6 Å². The Hall–Kier alpha value is -5.89. The molecule has 2 amide bonds. The Labute approximate surface area is 301 Å². The SMILES string of the molecule is Cc1cccc2c1N(C(=O)OCc1ccccc1)CCN2c1cc2cnc(Nc3cnn(CCNC(=O)OC(C)(C)C)c3)cc2n(CCCO)c1=O. The van der Waals surface area contributed by atoms with Gasteiger partial charge in [0.1, 0.15) is 23.7 Å². The van der Waals surface area contributed by atoms with E-state index in [9.17, 15) is 19.5 Å². The number of carbonyl (C=O) groups is 2. The molecule has 0 aliphatic carbocycles. The highest BCUT2D eigenvalue weighted by Gasteiger charge is 2.31. The number of nitrogens with zero attached hydrogens (tertiary/aromatic N) is 6. The van der Waals surface area contributed by atoms with E-state index in [1.165, 1.54) is 0 Å². The number of hydrogen-bond acceptors (Lipinski definition) is 10. The number of para-hydroxylation sites is 1. The van der Waals surface area contributed by atoms with Crippen molar-refractivity contribution in [2.24, 2.45) is 0 Å². The number of ether oxygens (including phenoxy) is 2. The molecule has 1 aliphatic rings. The molecular formula is C38H44N8O6. The Bertz CT molecular complexity index is 2110. The second kappa shape index (κ2) is 15.6. The Balaban J connectivity index is 1.23. The van der Waals surface area contributed by atoms with Crippen LogP contribution in [0.1, 0.15) is 38.3 Å². The second-order valence-electron chi connectivity index (χ2n) is 13.5. The van der Waals surface area contributed by atoms with Crippen molar-refractivity contribution in [2.75, 3.05) is 41.4 Å². The number of carbonyl (C=O) groups excluding carboxylic acids is 2. The van der Waals surface area contributed by atoms with Gasteiger partial charge >= 0.3 is 12.2 Å². The maximum absolute atomic E-state index is 14.3. The van der Waals surface area contributed by atoms with Gasteiger partial charge in [-0.1, -0.05) is 42.5 Å². The first-order valence-electron chi connectivity index (χ1n) is 17.3. The van der Waals surface area contributed by atoms with Gasteiger partial charge in [-0.25, -0.2) is 14.6 Å². The van der Waals surface area contributed by atoms with Crippen molar-refractivity contribution in [3.8, 4) is 0 Å². The van der Waals surface area contributed by atoms with Crippen LogP contribution in [0.3, 0.4) is 0 Å². The van der Waals surface area contributed by atoms with Gasteiger partial charge in [0.2, 0.25) is 0 Å². The maximum Gasteiger partial charge on any atom is 0.414 e. The monoisotopic (exact) mass is 708 g/mol. The van der Waals surface area contributed by atoms with Gasteiger partial charge in [0.15, 0.2) is 0 Å². The number of aryl methyl sites for hydroxylation is 2. The van der Waals surface area contributed by atoms with E-state index in [4.69, 9.17) is 9.47 Å². The quantitative estimate of drug-likeness (QED) is 0.152. The summed E-state index contributed by atoms with van der Waals surface area (Å²) in [6.07, 6.45) is 4.59. The van der Waals surface area contributed by atoms with Crippen molar-refractivity contribution in [1.29, 1.82) is 0 Å². The fourth-order valence-electron chi connectivity index (χ4n) is 6.13. The zero-order chi connectivity index (χ0) is 36.8. The number of hydrogen-bond donors (Lipinski definition) is 3. The molecule has 0 atom stereocenters. The summed E-state index contributed by atoms with van der Waals surface area (Å²) in [6.45, 7) is 9.16. The Morgan fingerprint density at radius 1 is 0.981 bits per heavy atom. The number of aliphatic hydroxyl groups is 1.